The molecule has 326 valence electrons. The minimum Gasteiger partial charge on any atom is -0.444 e. The lowest BCUT2D eigenvalue weighted by Crippen LogP contribution is -2.36. The molecule has 6 rings (SSSR count). The number of carbonyl (C=O) groups is 2. The van der Waals surface area contributed by atoms with Crippen LogP contribution in [0.25, 0.3) is 11.0 Å². The van der Waals surface area contributed by atoms with Crippen LogP contribution in [0.2, 0.25) is 0 Å². The van der Waals surface area contributed by atoms with Gasteiger partial charge in [0, 0.05) is 55.3 Å². The Kier molecular flexibility index (Phi) is 16.8. The van der Waals surface area contributed by atoms with E-state index in [1.807, 2.05) is 47.6 Å². The largest absolute Gasteiger partial charge is 0.444 e. The summed E-state index contributed by atoms with van der Waals surface area (Å²) in [5.41, 5.74) is 6.19. The number of amides is 2. The van der Waals surface area contributed by atoms with Gasteiger partial charge in [-0.2, -0.15) is 0 Å². The zero-order chi connectivity index (χ0) is 42.6. The predicted molar refractivity (Wildman–Crippen MR) is 234 cm³/mol. The highest BCUT2D eigenvalue weighted by atomic mass is 16.6. The van der Waals surface area contributed by atoms with Gasteiger partial charge in [-0.25, -0.2) is 24.5 Å². The molecule has 2 fully saturated rings. The highest BCUT2D eigenvalue weighted by Gasteiger charge is 2.31. The minimum absolute atomic E-state index is 0.123. The Hall–Kier alpha value is -4.03. The fourth-order valence-electron chi connectivity index (χ4n) is 7.71. The van der Waals surface area contributed by atoms with E-state index in [9.17, 15) is 9.59 Å². The van der Waals surface area contributed by atoms with E-state index in [4.69, 9.17) is 28.9 Å². The van der Waals surface area contributed by atoms with Crippen molar-refractivity contribution in [2.24, 2.45) is 0 Å². The monoisotopic (exact) mass is 817 g/mol. The molecule has 12 heteroatoms. The van der Waals surface area contributed by atoms with Gasteiger partial charge in [0.05, 0.1) is 25.3 Å². The lowest BCUT2D eigenvalue weighted by atomic mass is 9.98. The quantitative estimate of drug-likeness (QED) is 0.157. The molecule has 0 bridgehead atoms. The zero-order valence-corrected chi connectivity index (χ0v) is 37.5. The molecule has 0 aliphatic carbocycles. The molecule has 2 saturated heterocycles. The van der Waals surface area contributed by atoms with Crippen molar-refractivity contribution in [3.63, 3.8) is 0 Å². The van der Waals surface area contributed by atoms with Gasteiger partial charge in [0.15, 0.2) is 5.65 Å². The Bertz CT molecular complexity index is 1820. The highest BCUT2D eigenvalue weighted by Crippen LogP contribution is 2.26. The Morgan fingerprint density at radius 2 is 1.29 bits per heavy atom. The summed E-state index contributed by atoms with van der Waals surface area (Å²) in [7, 11) is 0. The van der Waals surface area contributed by atoms with Crippen LogP contribution in [-0.2, 0) is 38.2 Å². The van der Waals surface area contributed by atoms with Gasteiger partial charge in [0.25, 0.3) is 0 Å². The molecule has 12 nitrogen and oxygen atoms in total. The van der Waals surface area contributed by atoms with Crippen LogP contribution in [-0.4, -0.2) is 106 Å². The summed E-state index contributed by atoms with van der Waals surface area (Å²) >= 11 is 0. The molecule has 0 saturated carbocycles. The van der Waals surface area contributed by atoms with Crippen LogP contribution < -0.4 is 5.32 Å². The highest BCUT2D eigenvalue weighted by molar-refractivity contribution is 5.75. The van der Waals surface area contributed by atoms with Gasteiger partial charge in [-0.1, -0.05) is 18.9 Å². The van der Waals surface area contributed by atoms with E-state index >= 15 is 0 Å². The number of rotatable bonds is 14. The number of aryl methyl sites for hydroxylation is 5. The lowest BCUT2D eigenvalue weighted by Gasteiger charge is -2.24. The maximum atomic E-state index is 12.1. The molecule has 0 radical (unpaired) electrons. The van der Waals surface area contributed by atoms with Crippen LogP contribution in [0.3, 0.4) is 0 Å². The number of carbonyl (C=O) groups excluding carboxylic acids is 2. The van der Waals surface area contributed by atoms with Crippen molar-refractivity contribution in [2.45, 2.75) is 169 Å². The summed E-state index contributed by atoms with van der Waals surface area (Å²) in [5.74, 6) is 1.09. The number of unbranched alkanes of at least 4 members (excludes halogenated alkanes) is 4. The predicted octanol–water partition coefficient (Wildman–Crippen LogP) is 9.55. The third-order valence-electron chi connectivity index (χ3n) is 10.9. The first kappa shape index (κ1) is 46.0. The van der Waals surface area contributed by atoms with E-state index in [1.165, 1.54) is 28.8 Å². The van der Waals surface area contributed by atoms with E-state index in [1.54, 1.807) is 16.0 Å². The molecule has 59 heavy (non-hydrogen) atoms. The van der Waals surface area contributed by atoms with Crippen LogP contribution in [0.1, 0.15) is 134 Å². The van der Waals surface area contributed by atoms with E-state index in [2.05, 4.69) is 49.3 Å². The Labute approximate surface area is 353 Å². The van der Waals surface area contributed by atoms with Crippen molar-refractivity contribution in [3.05, 3.63) is 58.5 Å². The average Bonchev–Trinajstić information content (AvgIpc) is 3.84. The number of likely N-dealkylation sites (tertiary alicyclic amines) is 2. The number of hydrogen-bond acceptors (Lipinski definition) is 10. The van der Waals surface area contributed by atoms with Gasteiger partial charge in [-0.15, -0.1) is 0 Å². The van der Waals surface area contributed by atoms with Crippen LogP contribution in [0.5, 0.6) is 0 Å². The minimum atomic E-state index is -0.454. The van der Waals surface area contributed by atoms with Crippen molar-refractivity contribution in [1.82, 2.24) is 24.8 Å². The number of anilines is 1. The molecule has 3 aromatic heterocycles. The molecular weight excluding hydrogens is 745 g/mol. The third-order valence-corrected chi connectivity index (χ3v) is 10.9. The molecule has 3 atom stereocenters. The Balaban J connectivity index is 0.000000224. The van der Waals surface area contributed by atoms with Gasteiger partial charge >= 0.3 is 12.2 Å². The van der Waals surface area contributed by atoms with Gasteiger partial charge in [-0.05, 0) is 161 Å². The van der Waals surface area contributed by atoms with Crippen LogP contribution in [0.15, 0.2) is 30.5 Å². The second-order valence-electron chi connectivity index (χ2n) is 18.7. The first-order chi connectivity index (χ1) is 28.0. The second kappa shape index (κ2) is 21.5. The summed E-state index contributed by atoms with van der Waals surface area (Å²) in [5, 5.41) is 4.62. The van der Waals surface area contributed by atoms with Gasteiger partial charge in [0.2, 0.25) is 0 Å². The molecule has 3 aliphatic rings. The molecule has 1 N–H and O–H groups in total. The topological polar surface area (TPSA) is 128 Å². The fourth-order valence-corrected chi connectivity index (χ4v) is 7.71. The molecule has 0 spiro atoms. The van der Waals surface area contributed by atoms with Crippen LogP contribution in [0.4, 0.5) is 15.4 Å². The average molecular weight is 817 g/mol. The van der Waals surface area contributed by atoms with E-state index in [-0.39, 0.29) is 24.4 Å². The fraction of sp³-hybridized carbons (Fsp3) is 0.681. The molecule has 0 aromatic carbocycles. The summed E-state index contributed by atoms with van der Waals surface area (Å²) in [6.45, 7) is 22.1. The van der Waals surface area contributed by atoms with Gasteiger partial charge < -0.3 is 34.1 Å². The maximum absolute atomic E-state index is 12.1. The number of fused-ring (bicyclic) bond motifs is 2. The molecule has 3 aliphatic heterocycles. The number of pyridine rings is 3. The van der Waals surface area contributed by atoms with Crippen LogP contribution >= 0.6 is 0 Å². The smallest absolute Gasteiger partial charge is 0.410 e. The first-order valence-electron chi connectivity index (χ1n) is 22.2. The Morgan fingerprint density at radius 3 is 1.85 bits per heavy atom. The Morgan fingerprint density at radius 1 is 0.746 bits per heavy atom. The lowest BCUT2D eigenvalue weighted by molar-refractivity contribution is 0.0200. The molecule has 3 unspecified atom stereocenters. The van der Waals surface area contributed by atoms with Crippen molar-refractivity contribution >= 4 is 29.0 Å². The van der Waals surface area contributed by atoms with Crippen LogP contribution in [0, 0.1) is 13.8 Å². The van der Waals surface area contributed by atoms with E-state index in [0.29, 0.717) is 25.7 Å². The van der Waals surface area contributed by atoms with Crippen molar-refractivity contribution in [3.8, 4) is 0 Å². The summed E-state index contributed by atoms with van der Waals surface area (Å²) < 4.78 is 22.8. The SMILES string of the molecule is Cc1cc2c(nc1CCCCCOC1CCN(C(=O)OC(C)(C)C)C1)NC(C)CC2.Cc1cc2cccnc2nc1CCCCCOC1CCN(C(=O)OC(C)(C)C)C1. The molecule has 2 amide bonds. The zero-order valence-electron chi connectivity index (χ0n) is 37.5. The van der Waals surface area contributed by atoms with Crippen molar-refractivity contribution in [1.29, 1.82) is 0 Å². The van der Waals surface area contributed by atoms with Crippen molar-refractivity contribution < 1.29 is 28.5 Å². The number of nitrogens with one attached hydrogen (secondary N) is 1. The van der Waals surface area contributed by atoms with E-state index in [0.717, 1.165) is 113 Å². The molecular formula is C47H72N6O6. The first-order valence-corrected chi connectivity index (χ1v) is 22.2. The maximum Gasteiger partial charge on any atom is 0.410 e. The normalized spacial score (nSPS) is 19.2. The standard InChI is InChI=1S/C24H39N3O3.C23H33N3O3/c1-17-15-19-11-10-18(2)25-22(19)26-21(17)9-7-6-8-14-29-20-12-13-27(16-20)23(28)30-24(3,4)5;1-17-15-18-9-8-12-24-21(18)25-20(17)10-6-5-7-14-28-19-11-13-26(16-19)22(27)29-23(2,3)4/h15,18,20H,6-14,16H2,1-5H3,(H,25,26);8-9,12,15,19H,5-7,10-11,13-14,16H2,1-4H3. The molecule has 3 aromatic rings. The summed E-state index contributed by atoms with van der Waals surface area (Å²) in [6, 6.07) is 9.00. The summed E-state index contributed by atoms with van der Waals surface area (Å²) in [6.07, 6.45) is 14.2. The number of aromatic nitrogens is 3. The van der Waals surface area contributed by atoms with Gasteiger partial charge in [-0.3, -0.25) is 0 Å². The number of ether oxygens (including phenoxy) is 4. The molecule has 6 heterocycles. The number of hydrogen-bond donors (Lipinski definition) is 1. The number of nitrogens with zero attached hydrogens (tertiary/aromatic N) is 5. The van der Waals surface area contributed by atoms with Crippen molar-refractivity contribution in [2.75, 3.05) is 44.7 Å². The third kappa shape index (κ3) is 15.2. The second-order valence-corrected chi connectivity index (χ2v) is 18.7. The van der Waals surface area contributed by atoms with Gasteiger partial charge in [0.1, 0.15) is 17.0 Å². The summed E-state index contributed by atoms with van der Waals surface area (Å²) in [4.78, 5) is 41.7. The van der Waals surface area contributed by atoms with E-state index < -0.39 is 11.2 Å².